The van der Waals surface area contributed by atoms with E-state index in [0.29, 0.717) is 0 Å². The van der Waals surface area contributed by atoms with Gasteiger partial charge in [-0.1, -0.05) is 18.1 Å². The second kappa shape index (κ2) is 5.69. The average molecular weight is 192 g/mol. The van der Waals surface area contributed by atoms with Crippen LogP contribution >= 0.6 is 11.8 Å². The van der Waals surface area contributed by atoms with Crippen LogP contribution in [0.1, 0.15) is 12.5 Å². The molecule has 0 amide bonds. The molecule has 0 fully saturated rings. The molecule has 13 heavy (non-hydrogen) atoms. The Balaban J connectivity index is 2.59. The molecule has 1 N–H and O–H groups in total. The minimum Gasteiger partial charge on any atom is -0.392 e. The minimum absolute atomic E-state index is 0.105. The number of hydrogen-bond acceptors (Lipinski definition) is 2. The molecule has 1 aromatic rings. The minimum atomic E-state index is 0.105. The first kappa shape index (κ1) is 10.2. The van der Waals surface area contributed by atoms with Crippen molar-refractivity contribution in [2.45, 2.75) is 18.4 Å². The highest BCUT2D eigenvalue weighted by atomic mass is 32.2. The van der Waals surface area contributed by atoms with Crippen molar-refractivity contribution in [3.63, 3.8) is 0 Å². The Morgan fingerprint density at radius 1 is 1.46 bits per heavy atom. The smallest absolute Gasteiger partial charge is 0.0682 e. The lowest BCUT2D eigenvalue weighted by atomic mass is 10.2. The van der Waals surface area contributed by atoms with Crippen LogP contribution in [-0.4, -0.2) is 10.9 Å². The molecule has 1 aromatic carbocycles. The van der Waals surface area contributed by atoms with Crippen molar-refractivity contribution in [2.24, 2.45) is 0 Å². The van der Waals surface area contributed by atoms with Crippen LogP contribution in [0.25, 0.3) is 0 Å². The fourth-order valence-corrected chi connectivity index (χ4v) is 1.72. The molecule has 0 radical (unpaired) electrons. The van der Waals surface area contributed by atoms with Gasteiger partial charge in [-0.05, 0) is 24.6 Å². The van der Waals surface area contributed by atoms with Crippen LogP contribution in [0.15, 0.2) is 29.2 Å². The summed E-state index contributed by atoms with van der Waals surface area (Å²) in [5, 5.41) is 8.90. The second-order valence-corrected chi connectivity index (χ2v) is 3.57. The first-order chi connectivity index (χ1) is 6.36. The lowest BCUT2D eigenvalue weighted by Crippen LogP contribution is -1.82. The number of hydrogen-bond donors (Lipinski definition) is 1. The average Bonchev–Trinajstić information content (AvgIpc) is 2.19. The zero-order chi connectivity index (χ0) is 9.52. The molecular formula is C11H12OS. The maximum atomic E-state index is 8.90. The van der Waals surface area contributed by atoms with E-state index in [9.17, 15) is 0 Å². The summed E-state index contributed by atoms with van der Waals surface area (Å²) in [5.74, 6) is 6.64. The van der Waals surface area contributed by atoms with Crippen molar-refractivity contribution >= 4 is 11.8 Å². The van der Waals surface area contributed by atoms with Gasteiger partial charge >= 0.3 is 0 Å². The summed E-state index contributed by atoms with van der Waals surface area (Å²) in [4.78, 5) is 1.16. The van der Waals surface area contributed by atoms with Crippen LogP contribution in [-0.2, 0) is 6.61 Å². The summed E-state index contributed by atoms with van der Waals surface area (Å²) in [6.45, 7) is 1.94. The topological polar surface area (TPSA) is 20.2 Å². The summed E-state index contributed by atoms with van der Waals surface area (Å²) in [7, 11) is 0. The van der Waals surface area contributed by atoms with Gasteiger partial charge in [0.25, 0.3) is 0 Å². The van der Waals surface area contributed by atoms with E-state index in [2.05, 4.69) is 11.8 Å². The van der Waals surface area contributed by atoms with Gasteiger partial charge in [0.05, 0.1) is 12.4 Å². The molecule has 0 aromatic heterocycles. The molecule has 0 saturated carbocycles. The second-order valence-electron chi connectivity index (χ2n) is 2.52. The normalized spacial score (nSPS) is 9.08. The number of aliphatic hydroxyl groups is 1. The Kier molecular flexibility index (Phi) is 4.45. The molecule has 68 valence electrons. The number of thioether (sulfide) groups is 1. The SMILES string of the molecule is CC#CCSc1cccc(CO)c1. The quantitative estimate of drug-likeness (QED) is 0.585. The highest BCUT2D eigenvalue weighted by Crippen LogP contribution is 2.18. The molecule has 0 aliphatic carbocycles. The molecule has 0 bridgehead atoms. The van der Waals surface area contributed by atoms with Crippen LogP contribution in [0.5, 0.6) is 0 Å². The van der Waals surface area contributed by atoms with E-state index < -0.39 is 0 Å². The van der Waals surface area contributed by atoms with Crippen molar-refractivity contribution in [1.29, 1.82) is 0 Å². The molecule has 0 saturated heterocycles. The van der Waals surface area contributed by atoms with Crippen molar-refractivity contribution in [3.05, 3.63) is 29.8 Å². The Morgan fingerprint density at radius 3 is 3.00 bits per heavy atom. The Hall–Kier alpha value is -0.910. The molecule has 0 atom stereocenters. The fraction of sp³-hybridized carbons (Fsp3) is 0.273. The molecule has 0 unspecified atom stereocenters. The van der Waals surface area contributed by atoms with Crippen LogP contribution < -0.4 is 0 Å². The molecular weight excluding hydrogens is 180 g/mol. The van der Waals surface area contributed by atoms with Crippen LogP contribution in [0.4, 0.5) is 0 Å². The van der Waals surface area contributed by atoms with Gasteiger partial charge in [-0.2, -0.15) is 0 Å². The summed E-state index contributed by atoms with van der Waals surface area (Å²) in [5.41, 5.74) is 0.953. The van der Waals surface area contributed by atoms with Crippen molar-refractivity contribution in [2.75, 3.05) is 5.75 Å². The zero-order valence-electron chi connectivity index (χ0n) is 7.58. The van der Waals surface area contributed by atoms with Gasteiger partial charge in [-0.3, -0.25) is 0 Å². The monoisotopic (exact) mass is 192 g/mol. The number of rotatable bonds is 3. The molecule has 0 aliphatic heterocycles. The van der Waals surface area contributed by atoms with Crippen LogP contribution in [0.2, 0.25) is 0 Å². The third-order valence-corrected chi connectivity index (χ3v) is 2.44. The lowest BCUT2D eigenvalue weighted by Gasteiger charge is -1.99. The fourth-order valence-electron chi connectivity index (χ4n) is 0.925. The van der Waals surface area contributed by atoms with E-state index in [-0.39, 0.29) is 6.61 Å². The number of benzene rings is 1. The molecule has 0 spiro atoms. The van der Waals surface area contributed by atoms with Gasteiger partial charge in [0, 0.05) is 4.90 Å². The largest absolute Gasteiger partial charge is 0.392 e. The van der Waals surface area contributed by atoms with Gasteiger partial charge in [-0.25, -0.2) is 0 Å². The van der Waals surface area contributed by atoms with Gasteiger partial charge in [0.1, 0.15) is 0 Å². The highest BCUT2D eigenvalue weighted by Gasteiger charge is 1.93. The molecule has 0 heterocycles. The summed E-state index contributed by atoms with van der Waals surface area (Å²) in [6.07, 6.45) is 0. The van der Waals surface area contributed by atoms with Crippen molar-refractivity contribution in [1.82, 2.24) is 0 Å². The van der Waals surface area contributed by atoms with Gasteiger partial charge < -0.3 is 5.11 Å². The third kappa shape index (κ3) is 3.54. The van der Waals surface area contributed by atoms with E-state index in [1.807, 2.05) is 31.2 Å². The first-order valence-electron chi connectivity index (χ1n) is 4.09. The van der Waals surface area contributed by atoms with E-state index in [4.69, 9.17) is 5.11 Å². The van der Waals surface area contributed by atoms with Gasteiger partial charge in [0.2, 0.25) is 0 Å². The first-order valence-corrected chi connectivity index (χ1v) is 5.07. The maximum absolute atomic E-state index is 8.90. The lowest BCUT2D eigenvalue weighted by molar-refractivity contribution is 0.281. The standard InChI is InChI=1S/C11H12OS/c1-2-3-7-13-11-6-4-5-10(8-11)9-12/h4-6,8,12H,7,9H2,1H3. The molecule has 2 heteroatoms. The number of aliphatic hydroxyl groups excluding tert-OH is 1. The molecule has 1 rings (SSSR count). The predicted molar refractivity (Wildman–Crippen MR) is 56.5 cm³/mol. The summed E-state index contributed by atoms with van der Waals surface area (Å²) >= 11 is 1.69. The van der Waals surface area contributed by atoms with Crippen LogP contribution in [0.3, 0.4) is 0 Å². The highest BCUT2D eigenvalue weighted by molar-refractivity contribution is 7.99. The maximum Gasteiger partial charge on any atom is 0.0682 e. The van der Waals surface area contributed by atoms with Gasteiger partial charge in [0.15, 0.2) is 0 Å². The van der Waals surface area contributed by atoms with Crippen molar-refractivity contribution in [3.8, 4) is 11.8 Å². The molecule has 0 aliphatic rings. The molecule has 1 nitrogen and oxygen atoms in total. The van der Waals surface area contributed by atoms with E-state index in [0.717, 1.165) is 16.2 Å². The summed E-state index contributed by atoms with van der Waals surface area (Å²) in [6, 6.07) is 7.88. The van der Waals surface area contributed by atoms with Crippen molar-refractivity contribution < 1.29 is 5.11 Å². The Morgan fingerprint density at radius 2 is 2.31 bits per heavy atom. The Labute approximate surface area is 83.2 Å². The van der Waals surface area contributed by atoms with Gasteiger partial charge in [-0.15, -0.1) is 17.7 Å². The zero-order valence-corrected chi connectivity index (χ0v) is 8.40. The van der Waals surface area contributed by atoms with E-state index in [1.165, 1.54) is 0 Å². The third-order valence-electron chi connectivity index (χ3n) is 1.57. The van der Waals surface area contributed by atoms with Crippen LogP contribution in [0, 0.1) is 11.8 Å². The predicted octanol–water partition coefficient (Wildman–Crippen LogP) is 2.29. The van der Waals surface area contributed by atoms with E-state index >= 15 is 0 Å². The summed E-state index contributed by atoms with van der Waals surface area (Å²) < 4.78 is 0. The van der Waals surface area contributed by atoms with E-state index in [1.54, 1.807) is 11.8 Å². The Bertz CT molecular complexity index is 322.